The van der Waals surface area contributed by atoms with E-state index in [0.29, 0.717) is 12.2 Å². The van der Waals surface area contributed by atoms with E-state index in [4.69, 9.17) is 4.74 Å². The van der Waals surface area contributed by atoms with E-state index >= 15 is 0 Å². The summed E-state index contributed by atoms with van der Waals surface area (Å²) in [6.45, 7) is 6.58. The zero-order chi connectivity index (χ0) is 18.8. The molecule has 3 fully saturated rings. The average Bonchev–Trinajstić information content (AvgIpc) is 3.38. The molecular formula is C25H32O2. The van der Waals surface area contributed by atoms with E-state index < -0.39 is 0 Å². The van der Waals surface area contributed by atoms with Crippen LogP contribution in [-0.4, -0.2) is 5.97 Å². The van der Waals surface area contributed by atoms with Gasteiger partial charge >= 0.3 is 5.97 Å². The second-order valence-electron chi connectivity index (χ2n) is 10.5. The highest BCUT2D eigenvalue weighted by Crippen LogP contribution is 2.67. The van der Waals surface area contributed by atoms with Crippen LogP contribution in [0.1, 0.15) is 58.4 Å². The molecule has 1 aromatic carbocycles. The molecule has 0 heterocycles. The van der Waals surface area contributed by atoms with Crippen molar-refractivity contribution in [2.75, 3.05) is 0 Å². The van der Waals surface area contributed by atoms with Gasteiger partial charge in [-0.05, 0) is 90.2 Å². The lowest BCUT2D eigenvalue weighted by atomic mass is 9.68. The lowest BCUT2D eigenvalue weighted by Gasteiger charge is -2.36. The highest BCUT2D eigenvalue weighted by atomic mass is 16.5. The second kappa shape index (κ2) is 6.22. The fourth-order valence-electron chi connectivity index (χ4n) is 6.99. The molecule has 27 heavy (non-hydrogen) atoms. The lowest BCUT2D eigenvalue weighted by Crippen LogP contribution is -2.31. The molecule has 0 amide bonds. The van der Waals surface area contributed by atoms with Gasteiger partial charge in [0.1, 0.15) is 5.75 Å². The maximum absolute atomic E-state index is 12.4. The van der Waals surface area contributed by atoms with Crippen LogP contribution in [0.2, 0.25) is 0 Å². The van der Waals surface area contributed by atoms with Gasteiger partial charge in [-0.2, -0.15) is 0 Å². The highest BCUT2D eigenvalue weighted by molar-refractivity contribution is 5.72. The van der Waals surface area contributed by atoms with Crippen molar-refractivity contribution in [3.8, 4) is 5.75 Å². The standard InChI is InChI=1S/C25H32O2/c1-25(2,3)19-7-9-20(10-8-19)27-22(26)11-6-15-12-18-14-21(15)24-17-5-4-16(13-17)23(18)24/h4-5,7-10,15-18,21,23-24H,6,11-14H2,1-3H3. The van der Waals surface area contributed by atoms with E-state index in [2.05, 4.69) is 45.1 Å². The van der Waals surface area contributed by atoms with E-state index in [1.54, 1.807) is 0 Å². The van der Waals surface area contributed by atoms with Gasteiger partial charge in [0, 0.05) is 6.42 Å². The van der Waals surface area contributed by atoms with Gasteiger partial charge in [0.15, 0.2) is 0 Å². The third kappa shape index (κ3) is 2.96. The molecule has 4 aliphatic carbocycles. The summed E-state index contributed by atoms with van der Waals surface area (Å²) in [7, 11) is 0. The summed E-state index contributed by atoms with van der Waals surface area (Å²) in [5.41, 5.74) is 1.38. The van der Waals surface area contributed by atoms with Crippen molar-refractivity contribution < 1.29 is 9.53 Å². The molecule has 5 rings (SSSR count). The first kappa shape index (κ1) is 17.5. The number of fused-ring (bicyclic) bond motifs is 9. The second-order valence-corrected chi connectivity index (χ2v) is 10.5. The summed E-state index contributed by atoms with van der Waals surface area (Å²) in [5, 5.41) is 0. The van der Waals surface area contributed by atoms with Crippen LogP contribution in [0.15, 0.2) is 36.4 Å². The SMILES string of the molecule is CC(C)(C)c1ccc(OC(=O)CCC2CC3CC2C2C4C=CC(C4)C32)cc1. The minimum absolute atomic E-state index is 0.0642. The minimum atomic E-state index is -0.0642. The number of carbonyl (C=O) groups excluding carboxylic acids is 1. The van der Waals surface area contributed by atoms with Gasteiger partial charge in [0.2, 0.25) is 0 Å². The Balaban J connectivity index is 1.15. The van der Waals surface area contributed by atoms with Crippen molar-refractivity contribution in [3.63, 3.8) is 0 Å². The Labute approximate surface area is 163 Å². The van der Waals surface area contributed by atoms with Gasteiger partial charge in [-0.3, -0.25) is 4.79 Å². The Hall–Kier alpha value is -1.57. The number of ether oxygens (including phenoxy) is 1. The van der Waals surface area contributed by atoms with Crippen LogP contribution < -0.4 is 4.74 Å². The van der Waals surface area contributed by atoms with Gasteiger partial charge in [-0.15, -0.1) is 0 Å². The maximum Gasteiger partial charge on any atom is 0.311 e. The molecule has 3 saturated carbocycles. The first-order chi connectivity index (χ1) is 12.9. The highest BCUT2D eigenvalue weighted by Gasteiger charge is 2.60. The Kier molecular flexibility index (Phi) is 4.04. The number of benzene rings is 1. The van der Waals surface area contributed by atoms with Gasteiger partial charge in [0.05, 0.1) is 0 Å². The molecule has 2 heteroatoms. The number of esters is 1. The van der Waals surface area contributed by atoms with Crippen molar-refractivity contribution in [2.45, 2.75) is 58.3 Å². The average molecular weight is 365 g/mol. The molecule has 0 saturated heterocycles. The largest absolute Gasteiger partial charge is 0.427 e. The van der Waals surface area contributed by atoms with Crippen LogP contribution in [0, 0.1) is 41.4 Å². The zero-order valence-electron chi connectivity index (χ0n) is 16.9. The number of hydrogen-bond donors (Lipinski definition) is 0. The van der Waals surface area contributed by atoms with Crippen molar-refractivity contribution in [2.24, 2.45) is 41.4 Å². The summed E-state index contributed by atoms with van der Waals surface area (Å²) in [5.74, 6) is 6.83. The summed E-state index contributed by atoms with van der Waals surface area (Å²) in [6, 6.07) is 8.01. The normalized spacial score (nSPS) is 38.4. The first-order valence-corrected chi connectivity index (χ1v) is 10.9. The van der Waals surface area contributed by atoms with Gasteiger partial charge in [-0.25, -0.2) is 0 Å². The van der Waals surface area contributed by atoms with Crippen LogP contribution in [0.5, 0.6) is 5.75 Å². The molecule has 4 aliphatic rings. The molecule has 144 valence electrons. The Morgan fingerprint density at radius 3 is 2.41 bits per heavy atom. The Morgan fingerprint density at radius 2 is 1.70 bits per heavy atom. The van der Waals surface area contributed by atoms with Crippen molar-refractivity contribution >= 4 is 5.97 Å². The third-order valence-corrected chi connectivity index (χ3v) is 8.08. The monoisotopic (exact) mass is 364 g/mol. The molecule has 7 atom stereocenters. The Morgan fingerprint density at radius 1 is 1.00 bits per heavy atom. The molecule has 0 N–H and O–H groups in total. The molecule has 7 unspecified atom stereocenters. The quantitative estimate of drug-likeness (QED) is 0.294. The van der Waals surface area contributed by atoms with E-state index in [9.17, 15) is 4.79 Å². The van der Waals surface area contributed by atoms with Gasteiger partial charge < -0.3 is 4.74 Å². The van der Waals surface area contributed by atoms with Gasteiger partial charge in [0.25, 0.3) is 0 Å². The van der Waals surface area contributed by atoms with Gasteiger partial charge in [-0.1, -0.05) is 45.1 Å². The molecule has 0 aromatic heterocycles. The smallest absolute Gasteiger partial charge is 0.311 e. The Bertz CT molecular complexity index is 754. The summed E-state index contributed by atoms with van der Waals surface area (Å²) in [4.78, 5) is 12.4. The van der Waals surface area contributed by atoms with Crippen molar-refractivity contribution in [3.05, 3.63) is 42.0 Å². The predicted molar refractivity (Wildman–Crippen MR) is 107 cm³/mol. The fourth-order valence-corrected chi connectivity index (χ4v) is 6.99. The number of rotatable bonds is 4. The van der Waals surface area contributed by atoms with Crippen molar-refractivity contribution in [1.29, 1.82) is 0 Å². The predicted octanol–water partition coefficient (Wildman–Crippen LogP) is 5.76. The van der Waals surface area contributed by atoms with Crippen LogP contribution in [0.3, 0.4) is 0 Å². The first-order valence-electron chi connectivity index (χ1n) is 10.9. The fraction of sp³-hybridized carbons (Fsp3) is 0.640. The number of allylic oxidation sites excluding steroid dienone is 2. The van der Waals surface area contributed by atoms with E-state index in [-0.39, 0.29) is 11.4 Å². The summed E-state index contributed by atoms with van der Waals surface area (Å²) < 4.78 is 5.61. The molecule has 0 aliphatic heterocycles. The topological polar surface area (TPSA) is 26.3 Å². The van der Waals surface area contributed by atoms with E-state index in [0.717, 1.165) is 47.8 Å². The van der Waals surface area contributed by atoms with Crippen LogP contribution in [-0.2, 0) is 10.2 Å². The summed E-state index contributed by atoms with van der Waals surface area (Å²) >= 11 is 0. The van der Waals surface area contributed by atoms with Crippen molar-refractivity contribution in [1.82, 2.24) is 0 Å². The number of carbonyl (C=O) groups is 1. The summed E-state index contributed by atoms with van der Waals surface area (Å²) in [6.07, 6.45) is 10.8. The molecule has 0 spiro atoms. The maximum atomic E-state index is 12.4. The molecule has 1 aromatic rings. The minimum Gasteiger partial charge on any atom is -0.427 e. The molecular weight excluding hydrogens is 332 g/mol. The lowest BCUT2D eigenvalue weighted by molar-refractivity contribution is -0.134. The number of hydrogen-bond acceptors (Lipinski definition) is 2. The molecule has 0 radical (unpaired) electrons. The molecule has 2 nitrogen and oxygen atoms in total. The third-order valence-electron chi connectivity index (χ3n) is 8.08. The van der Waals surface area contributed by atoms with Crippen LogP contribution >= 0.6 is 0 Å². The van der Waals surface area contributed by atoms with Crippen LogP contribution in [0.4, 0.5) is 0 Å². The molecule has 4 bridgehead atoms. The van der Waals surface area contributed by atoms with E-state index in [1.165, 1.54) is 24.8 Å². The zero-order valence-corrected chi connectivity index (χ0v) is 16.9. The van der Waals surface area contributed by atoms with Crippen LogP contribution in [0.25, 0.3) is 0 Å². The van der Waals surface area contributed by atoms with E-state index in [1.807, 2.05) is 12.1 Å².